The lowest BCUT2D eigenvalue weighted by Crippen LogP contribution is -2.39. The molecule has 0 fully saturated rings. The molecule has 0 saturated heterocycles. The zero-order chi connectivity index (χ0) is 16.7. The number of nitrogens with one attached hydrogen (secondary N) is 1. The van der Waals surface area contributed by atoms with Gasteiger partial charge in [0.05, 0.1) is 13.2 Å². The van der Waals surface area contributed by atoms with Crippen molar-refractivity contribution in [2.75, 3.05) is 7.11 Å². The molecule has 2 aromatic rings. The number of hydrogen-bond donors (Lipinski definition) is 1. The number of amides is 1. The van der Waals surface area contributed by atoms with Crippen LogP contribution in [-0.4, -0.2) is 19.1 Å². The molecule has 0 aliphatic rings. The van der Waals surface area contributed by atoms with E-state index < -0.39 is 6.10 Å². The molecule has 0 heterocycles. The Kier molecular flexibility index (Phi) is 6.03. The van der Waals surface area contributed by atoms with Crippen molar-refractivity contribution in [2.24, 2.45) is 0 Å². The molecule has 0 bridgehead atoms. The highest BCUT2D eigenvalue weighted by atomic mass is 16.5. The molecule has 0 spiro atoms. The van der Waals surface area contributed by atoms with Crippen molar-refractivity contribution in [1.82, 2.24) is 5.32 Å². The summed E-state index contributed by atoms with van der Waals surface area (Å²) in [5, 5.41) is 3.00. The van der Waals surface area contributed by atoms with Gasteiger partial charge in [-0.25, -0.2) is 0 Å². The fraction of sp³-hybridized carbons (Fsp3) is 0.316. The molecule has 4 nitrogen and oxygen atoms in total. The van der Waals surface area contributed by atoms with Gasteiger partial charge in [-0.1, -0.05) is 37.3 Å². The van der Waals surface area contributed by atoms with E-state index in [-0.39, 0.29) is 11.9 Å². The standard InChI is InChI=1S/C19H23NO3/c1-4-18(23-17-12-10-16(22-3)11-13-17)19(21)20-14(2)15-8-6-5-7-9-15/h5-14,18H,4H2,1-3H3,(H,20,21)/t14-,18?/m1/s1. The molecule has 0 aromatic heterocycles. The molecule has 1 N–H and O–H groups in total. The maximum atomic E-state index is 12.4. The van der Waals surface area contributed by atoms with Gasteiger partial charge in [-0.3, -0.25) is 4.79 Å². The van der Waals surface area contributed by atoms with Crippen LogP contribution in [0.15, 0.2) is 54.6 Å². The third kappa shape index (κ3) is 4.74. The number of ether oxygens (including phenoxy) is 2. The molecule has 0 aliphatic heterocycles. The fourth-order valence-corrected chi connectivity index (χ4v) is 2.27. The normalized spacial score (nSPS) is 13.0. The fourth-order valence-electron chi connectivity index (χ4n) is 2.27. The van der Waals surface area contributed by atoms with E-state index in [0.29, 0.717) is 12.2 Å². The Hall–Kier alpha value is -2.49. The first kappa shape index (κ1) is 16.9. The first-order chi connectivity index (χ1) is 11.1. The molecule has 0 aliphatic carbocycles. The van der Waals surface area contributed by atoms with Crippen molar-refractivity contribution < 1.29 is 14.3 Å². The topological polar surface area (TPSA) is 47.6 Å². The number of carbonyl (C=O) groups is 1. The van der Waals surface area contributed by atoms with E-state index in [1.54, 1.807) is 19.2 Å². The lowest BCUT2D eigenvalue weighted by atomic mass is 10.1. The van der Waals surface area contributed by atoms with Gasteiger partial charge in [-0.05, 0) is 43.2 Å². The molecule has 1 unspecified atom stereocenters. The number of rotatable bonds is 7. The van der Waals surface area contributed by atoms with Crippen LogP contribution in [0.4, 0.5) is 0 Å². The molecule has 2 aromatic carbocycles. The SMILES string of the molecule is CCC(Oc1ccc(OC)cc1)C(=O)N[C@H](C)c1ccccc1. The quantitative estimate of drug-likeness (QED) is 0.847. The predicted molar refractivity (Wildman–Crippen MR) is 90.7 cm³/mol. The van der Waals surface area contributed by atoms with E-state index in [0.717, 1.165) is 11.3 Å². The van der Waals surface area contributed by atoms with Gasteiger partial charge in [0.15, 0.2) is 6.10 Å². The highest BCUT2D eigenvalue weighted by molar-refractivity contribution is 5.81. The number of methoxy groups -OCH3 is 1. The molecule has 2 rings (SSSR count). The van der Waals surface area contributed by atoms with Crippen molar-refractivity contribution in [2.45, 2.75) is 32.4 Å². The summed E-state index contributed by atoms with van der Waals surface area (Å²) in [6, 6.07) is 17.0. The number of hydrogen-bond acceptors (Lipinski definition) is 3. The Morgan fingerprint density at radius 2 is 1.65 bits per heavy atom. The second kappa shape index (κ2) is 8.22. The number of benzene rings is 2. The van der Waals surface area contributed by atoms with Crippen molar-refractivity contribution in [3.63, 3.8) is 0 Å². The Bertz CT molecular complexity index is 610. The third-order valence-electron chi connectivity index (χ3n) is 3.66. The van der Waals surface area contributed by atoms with Crippen LogP contribution in [-0.2, 0) is 4.79 Å². The predicted octanol–water partition coefficient (Wildman–Crippen LogP) is 3.73. The molecule has 4 heteroatoms. The van der Waals surface area contributed by atoms with Crippen molar-refractivity contribution in [1.29, 1.82) is 0 Å². The highest BCUT2D eigenvalue weighted by Gasteiger charge is 2.20. The monoisotopic (exact) mass is 313 g/mol. The second-order valence-electron chi connectivity index (χ2n) is 5.33. The molecule has 1 amide bonds. The van der Waals surface area contributed by atoms with E-state index in [1.807, 2.05) is 56.3 Å². The summed E-state index contributed by atoms with van der Waals surface area (Å²) >= 11 is 0. The van der Waals surface area contributed by atoms with Gasteiger partial charge in [0.2, 0.25) is 0 Å². The minimum absolute atomic E-state index is 0.0581. The van der Waals surface area contributed by atoms with Crippen LogP contribution in [0.2, 0.25) is 0 Å². The first-order valence-electron chi connectivity index (χ1n) is 7.80. The minimum Gasteiger partial charge on any atom is -0.497 e. The largest absolute Gasteiger partial charge is 0.497 e. The van der Waals surface area contributed by atoms with Gasteiger partial charge >= 0.3 is 0 Å². The van der Waals surface area contributed by atoms with Crippen LogP contribution < -0.4 is 14.8 Å². The van der Waals surface area contributed by atoms with E-state index in [4.69, 9.17) is 9.47 Å². The summed E-state index contributed by atoms with van der Waals surface area (Å²) in [5.41, 5.74) is 1.07. The molecule has 23 heavy (non-hydrogen) atoms. The van der Waals surface area contributed by atoms with Crippen LogP contribution in [0, 0.1) is 0 Å². The highest BCUT2D eigenvalue weighted by Crippen LogP contribution is 2.19. The Morgan fingerprint density at radius 1 is 1.04 bits per heavy atom. The maximum Gasteiger partial charge on any atom is 0.261 e. The second-order valence-corrected chi connectivity index (χ2v) is 5.33. The molecule has 2 atom stereocenters. The molecule has 0 radical (unpaired) electrons. The van der Waals surface area contributed by atoms with E-state index in [9.17, 15) is 4.79 Å². The van der Waals surface area contributed by atoms with Crippen LogP contribution in [0.1, 0.15) is 31.9 Å². The number of carbonyl (C=O) groups excluding carboxylic acids is 1. The van der Waals surface area contributed by atoms with Crippen LogP contribution in [0.25, 0.3) is 0 Å². The van der Waals surface area contributed by atoms with Gasteiger partial charge < -0.3 is 14.8 Å². The summed E-state index contributed by atoms with van der Waals surface area (Å²) in [6.45, 7) is 3.90. The van der Waals surface area contributed by atoms with Gasteiger partial charge in [-0.15, -0.1) is 0 Å². The summed E-state index contributed by atoms with van der Waals surface area (Å²) in [6.07, 6.45) is 0.0777. The summed E-state index contributed by atoms with van der Waals surface area (Å²) in [5.74, 6) is 1.30. The van der Waals surface area contributed by atoms with Crippen LogP contribution in [0.5, 0.6) is 11.5 Å². The summed E-state index contributed by atoms with van der Waals surface area (Å²) in [4.78, 5) is 12.4. The van der Waals surface area contributed by atoms with Gasteiger partial charge in [0.25, 0.3) is 5.91 Å². The van der Waals surface area contributed by atoms with E-state index in [2.05, 4.69) is 5.32 Å². The summed E-state index contributed by atoms with van der Waals surface area (Å²) < 4.78 is 10.9. The van der Waals surface area contributed by atoms with Gasteiger partial charge in [0, 0.05) is 0 Å². The lowest BCUT2D eigenvalue weighted by Gasteiger charge is -2.21. The average molecular weight is 313 g/mol. The Balaban J connectivity index is 1.97. The Labute approximate surface area is 137 Å². The van der Waals surface area contributed by atoms with Crippen molar-refractivity contribution in [3.05, 3.63) is 60.2 Å². The lowest BCUT2D eigenvalue weighted by molar-refractivity contribution is -0.128. The van der Waals surface area contributed by atoms with Gasteiger partial charge in [-0.2, -0.15) is 0 Å². The molecule has 122 valence electrons. The summed E-state index contributed by atoms with van der Waals surface area (Å²) in [7, 11) is 1.61. The third-order valence-corrected chi connectivity index (χ3v) is 3.66. The minimum atomic E-state index is -0.519. The van der Waals surface area contributed by atoms with Crippen LogP contribution >= 0.6 is 0 Å². The maximum absolute atomic E-state index is 12.4. The van der Waals surface area contributed by atoms with Crippen molar-refractivity contribution in [3.8, 4) is 11.5 Å². The average Bonchev–Trinajstić information content (AvgIpc) is 2.60. The van der Waals surface area contributed by atoms with E-state index in [1.165, 1.54) is 0 Å². The van der Waals surface area contributed by atoms with Crippen LogP contribution in [0.3, 0.4) is 0 Å². The molecular weight excluding hydrogens is 290 g/mol. The molecule has 0 saturated carbocycles. The zero-order valence-electron chi connectivity index (χ0n) is 13.8. The first-order valence-corrected chi connectivity index (χ1v) is 7.80. The molecular formula is C19H23NO3. The van der Waals surface area contributed by atoms with Crippen molar-refractivity contribution >= 4 is 5.91 Å². The Morgan fingerprint density at radius 3 is 2.22 bits per heavy atom. The van der Waals surface area contributed by atoms with Gasteiger partial charge in [0.1, 0.15) is 11.5 Å². The smallest absolute Gasteiger partial charge is 0.261 e. The zero-order valence-corrected chi connectivity index (χ0v) is 13.8. The van der Waals surface area contributed by atoms with E-state index >= 15 is 0 Å².